The van der Waals surface area contributed by atoms with E-state index in [0.717, 1.165) is 0 Å². The van der Waals surface area contributed by atoms with E-state index in [-0.39, 0.29) is 17.0 Å². The molecular formula is C13H13N3O3. The number of aromatic amines is 1. The fourth-order valence-electron chi connectivity index (χ4n) is 1.48. The molecule has 2 N–H and O–H groups in total. The van der Waals surface area contributed by atoms with Gasteiger partial charge in [-0.15, -0.1) is 0 Å². The molecule has 6 heteroatoms. The van der Waals surface area contributed by atoms with Gasteiger partial charge in [0.25, 0.3) is 5.91 Å². The van der Waals surface area contributed by atoms with Crippen molar-refractivity contribution in [1.82, 2.24) is 9.97 Å². The van der Waals surface area contributed by atoms with E-state index >= 15 is 0 Å². The second-order valence-corrected chi connectivity index (χ2v) is 3.71. The Balaban J connectivity index is 2.08. The lowest BCUT2D eigenvalue weighted by Gasteiger charge is -2.06. The van der Waals surface area contributed by atoms with Crippen LogP contribution in [0.1, 0.15) is 17.3 Å². The normalized spacial score (nSPS) is 9.95. The van der Waals surface area contributed by atoms with Crippen LogP contribution in [-0.4, -0.2) is 22.5 Å². The topological polar surface area (TPSA) is 84.1 Å². The van der Waals surface area contributed by atoms with Crippen LogP contribution in [0.4, 0.5) is 5.69 Å². The Labute approximate surface area is 109 Å². The van der Waals surface area contributed by atoms with Crippen molar-refractivity contribution in [3.8, 4) is 5.88 Å². The quantitative estimate of drug-likeness (QED) is 0.869. The van der Waals surface area contributed by atoms with Crippen molar-refractivity contribution in [2.45, 2.75) is 6.92 Å². The molecule has 0 atom stereocenters. The van der Waals surface area contributed by atoms with Crippen LogP contribution in [0, 0.1) is 0 Å². The number of pyridine rings is 2. The molecule has 2 rings (SSSR count). The van der Waals surface area contributed by atoms with Crippen LogP contribution in [0.25, 0.3) is 0 Å². The first-order chi connectivity index (χ1) is 9.19. The third kappa shape index (κ3) is 3.41. The lowest BCUT2D eigenvalue weighted by Crippen LogP contribution is -2.15. The number of anilines is 1. The highest BCUT2D eigenvalue weighted by Crippen LogP contribution is 2.12. The van der Waals surface area contributed by atoms with E-state index in [1.54, 1.807) is 12.1 Å². The molecule has 0 saturated heterocycles. The number of amides is 1. The monoisotopic (exact) mass is 259 g/mol. The van der Waals surface area contributed by atoms with Crippen molar-refractivity contribution in [3.63, 3.8) is 0 Å². The Morgan fingerprint density at radius 3 is 2.89 bits per heavy atom. The maximum atomic E-state index is 11.9. The van der Waals surface area contributed by atoms with Gasteiger partial charge in [0.15, 0.2) is 0 Å². The van der Waals surface area contributed by atoms with Crippen LogP contribution < -0.4 is 15.6 Å². The fourth-order valence-corrected chi connectivity index (χ4v) is 1.48. The number of carbonyl (C=O) groups is 1. The largest absolute Gasteiger partial charge is 0.478 e. The predicted molar refractivity (Wildman–Crippen MR) is 70.4 cm³/mol. The van der Waals surface area contributed by atoms with Crippen molar-refractivity contribution in [1.29, 1.82) is 0 Å². The molecule has 2 heterocycles. The molecule has 0 aliphatic rings. The number of nitrogens with one attached hydrogen (secondary N) is 2. The van der Waals surface area contributed by atoms with E-state index in [2.05, 4.69) is 15.3 Å². The van der Waals surface area contributed by atoms with Crippen molar-refractivity contribution >= 4 is 11.6 Å². The minimum absolute atomic E-state index is 0.289. The first-order valence-electron chi connectivity index (χ1n) is 5.78. The van der Waals surface area contributed by atoms with Gasteiger partial charge < -0.3 is 15.0 Å². The number of hydrogen-bond donors (Lipinski definition) is 2. The number of nitrogens with zero attached hydrogens (tertiary/aromatic N) is 1. The SMILES string of the molecule is CCOc1ccc(NC(=O)c2cc[nH]c(=O)c2)cn1. The average Bonchev–Trinajstić information content (AvgIpc) is 2.41. The van der Waals surface area contributed by atoms with E-state index < -0.39 is 0 Å². The molecule has 0 radical (unpaired) electrons. The molecule has 0 bridgehead atoms. The molecule has 1 amide bonds. The maximum absolute atomic E-state index is 11.9. The van der Waals surface area contributed by atoms with Gasteiger partial charge in [0.2, 0.25) is 11.4 Å². The molecule has 0 aliphatic heterocycles. The average molecular weight is 259 g/mol. The molecular weight excluding hydrogens is 246 g/mol. The summed E-state index contributed by atoms with van der Waals surface area (Å²) in [5.41, 5.74) is 0.504. The molecule has 98 valence electrons. The first kappa shape index (κ1) is 12.8. The number of hydrogen-bond acceptors (Lipinski definition) is 4. The lowest BCUT2D eigenvalue weighted by molar-refractivity contribution is 0.102. The first-order valence-corrected chi connectivity index (χ1v) is 5.78. The van der Waals surface area contributed by atoms with Crippen LogP contribution in [0.5, 0.6) is 5.88 Å². The second kappa shape index (κ2) is 5.81. The maximum Gasteiger partial charge on any atom is 0.255 e. The van der Waals surface area contributed by atoms with E-state index in [1.165, 1.54) is 24.5 Å². The van der Waals surface area contributed by atoms with Gasteiger partial charge in [0.05, 0.1) is 18.5 Å². The lowest BCUT2D eigenvalue weighted by atomic mass is 10.2. The van der Waals surface area contributed by atoms with Gasteiger partial charge in [-0.2, -0.15) is 0 Å². The Morgan fingerprint density at radius 2 is 2.26 bits per heavy atom. The van der Waals surface area contributed by atoms with Gasteiger partial charge in [0.1, 0.15) is 0 Å². The molecule has 6 nitrogen and oxygen atoms in total. The highest BCUT2D eigenvalue weighted by Gasteiger charge is 2.06. The zero-order chi connectivity index (χ0) is 13.7. The molecule has 2 aromatic heterocycles. The van der Waals surface area contributed by atoms with E-state index in [9.17, 15) is 9.59 Å². The number of carbonyl (C=O) groups excluding carboxylic acids is 1. The summed E-state index contributed by atoms with van der Waals surface area (Å²) in [6, 6.07) is 6.11. The Bertz CT molecular complexity index is 620. The van der Waals surface area contributed by atoms with Crippen molar-refractivity contribution in [2.24, 2.45) is 0 Å². The van der Waals surface area contributed by atoms with Crippen LogP contribution in [0.3, 0.4) is 0 Å². The fraction of sp³-hybridized carbons (Fsp3) is 0.154. The molecule has 0 spiro atoms. The van der Waals surface area contributed by atoms with Crippen LogP contribution in [0.15, 0.2) is 41.5 Å². The van der Waals surface area contributed by atoms with Gasteiger partial charge in [0, 0.05) is 23.9 Å². The zero-order valence-corrected chi connectivity index (χ0v) is 10.3. The van der Waals surface area contributed by atoms with E-state index in [4.69, 9.17) is 4.74 Å². The molecule has 0 aromatic carbocycles. The van der Waals surface area contributed by atoms with Gasteiger partial charge in [-0.1, -0.05) is 0 Å². The molecule has 19 heavy (non-hydrogen) atoms. The Hall–Kier alpha value is -2.63. The smallest absolute Gasteiger partial charge is 0.255 e. The Morgan fingerprint density at radius 1 is 1.42 bits per heavy atom. The van der Waals surface area contributed by atoms with Crippen LogP contribution in [0.2, 0.25) is 0 Å². The molecule has 0 unspecified atom stereocenters. The summed E-state index contributed by atoms with van der Waals surface area (Å²) >= 11 is 0. The second-order valence-electron chi connectivity index (χ2n) is 3.71. The summed E-state index contributed by atoms with van der Waals surface area (Å²) in [5, 5.41) is 2.64. The standard InChI is InChI=1S/C13H13N3O3/c1-2-19-12-4-3-10(8-15-12)16-13(18)9-5-6-14-11(17)7-9/h3-8H,2H2,1H3,(H,14,17)(H,16,18). The summed E-state index contributed by atoms with van der Waals surface area (Å²) < 4.78 is 5.20. The number of rotatable bonds is 4. The highest BCUT2D eigenvalue weighted by atomic mass is 16.5. The van der Waals surface area contributed by atoms with Gasteiger partial charge in [-0.05, 0) is 19.1 Å². The van der Waals surface area contributed by atoms with Gasteiger partial charge in [-0.25, -0.2) is 4.98 Å². The number of H-pyrrole nitrogens is 1. The minimum Gasteiger partial charge on any atom is -0.478 e. The summed E-state index contributed by atoms with van der Waals surface area (Å²) in [4.78, 5) is 29.4. The molecule has 0 saturated carbocycles. The summed E-state index contributed by atoms with van der Waals surface area (Å²) in [6.07, 6.45) is 2.92. The van der Waals surface area contributed by atoms with Gasteiger partial charge in [-0.3, -0.25) is 9.59 Å². The van der Waals surface area contributed by atoms with Crippen molar-refractivity contribution in [3.05, 3.63) is 52.6 Å². The van der Waals surface area contributed by atoms with E-state index in [0.29, 0.717) is 18.2 Å². The zero-order valence-electron chi connectivity index (χ0n) is 10.3. The summed E-state index contributed by atoms with van der Waals surface area (Å²) in [6.45, 7) is 2.40. The van der Waals surface area contributed by atoms with Gasteiger partial charge >= 0.3 is 0 Å². The van der Waals surface area contributed by atoms with E-state index in [1.807, 2.05) is 6.92 Å². The summed E-state index contributed by atoms with van der Waals surface area (Å²) in [7, 11) is 0. The molecule has 0 aliphatic carbocycles. The van der Waals surface area contributed by atoms with Crippen LogP contribution >= 0.6 is 0 Å². The molecule has 0 fully saturated rings. The number of aromatic nitrogens is 2. The highest BCUT2D eigenvalue weighted by molar-refractivity contribution is 6.04. The predicted octanol–water partition coefficient (Wildman–Crippen LogP) is 1.42. The molecule has 2 aromatic rings. The summed E-state index contributed by atoms with van der Waals surface area (Å²) in [5.74, 6) is 0.133. The Kier molecular flexibility index (Phi) is 3.92. The number of ether oxygens (including phenoxy) is 1. The third-order valence-corrected chi connectivity index (χ3v) is 2.32. The van der Waals surface area contributed by atoms with Crippen molar-refractivity contribution < 1.29 is 9.53 Å². The minimum atomic E-state index is -0.364. The van der Waals surface area contributed by atoms with Crippen molar-refractivity contribution in [2.75, 3.05) is 11.9 Å². The van der Waals surface area contributed by atoms with Crippen LogP contribution in [-0.2, 0) is 0 Å². The third-order valence-electron chi connectivity index (χ3n) is 2.32.